The SMILES string of the molecule is CCNC(=O)N1CCN(c2ncnc3sc(C)c(C)c23)CC1. The van der Waals surface area contributed by atoms with Gasteiger partial charge in [-0.15, -0.1) is 11.3 Å². The molecule has 1 saturated heterocycles. The molecule has 0 aliphatic carbocycles. The highest BCUT2D eigenvalue weighted by atomic mass is 32.1. The highest BCUT2D eigenvalue weighted by Crippen LogP contribution is 2.34. The molecule has 7 heteroatoms. The summed E-state index contributed by atoms with van der Waals surface area (Å²) in [6, 6.07) is 0.0255. The number of amides is 2. The fraction of sp³-hybridized carbons (Fsp3) is 0.533. The van der Waals surface area contributed by atoms with E-state index in [-0.39, 0.29) is 6.03 Å². The fourth-order valence-corrected chi connectivity index (χ4v) is 3.78. The number of urea groups is 1. The second-order valence-electron chi connectivity index (χ2n) is 5.47. The number of anilines is 1. The largest absolute Gasteiger partial charge is 0.352 e. The van der Waals surface area contributed by atoms with Crippen LogP contribution in [-0.4, -0.2) is 53.6 Å². The molecule has 1 aliphatic rings. The van der Waals surface area contributed by atoms with Gasteiger partial charge in [-0.2, -0.15) is 0 Å². The number of carbonyl (C=O) groups is 1. The first-order valence-corrected chi connectivity index (χ1v) is 8.42. The second kappa shape index (κ2) is 6.08. The average Bonchev–Trinajstić information content (AvgIpc) is 2.83. The molecule has 0 atom stereocenters. The number of aromatic nitrogens is 2. The smallest absolute Gasteiger partial charge is 0.317 e. The number of piperazine rings is 1. The summed E-state index contributed by atoms with van der Waals surface area (Å²) in [7, 11) is 0. The third-order valence-electron chi connectivity index (χ3n) is 4.14. The van der Waals surface area contributed by atoms with E-state index in [9.17, 15) is 4.79 Å². The Morgan fingerprint density at radius 3 is 2.68 bits per heavy atom. The molecule has 2 amide bonds. The van der Waals surface area contributed by atoms with Crippen molar-refractivity contribution in [3.05, 3.63) is 16.8 Å². The van der Waals surface area contributed by atoms with Crippen molar-refractivity contribution in [3.63, 3.8) is 0 Å². The van der Waals surface area contributed by atoms with Crippen LogP contribution in [0.3, 0.4) is 0 Å². The summed E-state index contributed by atoms with van der Waals surface area (Å²) in [5.41, 5.74) is 1.27. The first-order valence-electron chi connectivity index (χ1n) is 7.60. The summed E-state index contributed by atoms with van der Waals surface area (Å²) in [5.74, 6) is 1.00. The van der Waals surface area contributed by atoms with Gasteiger partial charge < -0.3 is 15.1 Å². The van der Waals surface area contributed by atoms with E-state index >= 15 is 0 Å². The lowest BCUT2D eigenvalue weighted by Gasteiger charge is -2.35. The lowest BCUT2D eigenvalue weighted by molar-refractivity contribution is 0.195. The van der Waals surface area contributed by atoms with Gasteiger partial charge in [-0.25, -0.2) is 14.8 Å². The van der Waals surface area contributed by atoms with Crippen LogP contribution >= 0.6 is 11.3 Å². The fourth-order valence-electron chi connectivity index (χ4n) is 2.79. The predicted octanol–water partition coefficient (Wildman–Crippen LogP) is 2.16. The molecule has 2 aromatic rings. The van der Waals surface area contributed by atoms with Gasteiger partial charge in [0.2, 0.25) is 0 Å². The van der Waals surface area contributed by atoms with Crippen LogP contribution in [0.4, 0.5) is 10.6 Å². The van der Waals surface area contributed by atoms with Gasteiger partial charge in [0.15, 0.2) is 0 Å². The van der Waals surface area contributed by atoms with Crippen molar-refractivity contribution in [2.75, 3.05) is 37.6 Å². The minimum atomic E-state index is 0.0255. The van der Waals surface area contributed by atoms with E-state index in [1.807, 2.05) is 11.8 Å². The number of fused-ring (bicyclic) bond motifs is 1. The van der Waals surface area contributed by atoms with E-state index in [1.165, 1.54) is 10.4 Å². The topological polar surface area (TPSA) is 61.4 Å². The Hall–Kier alpha value is -1.89. The highest BCUT2D eigenvalue weighted by Gasteiger charge is 2.24. The van der Waals surface area contributed by atoms with Gasteiger partial charge >= 0.3 is 6.03 Å². The summed E-state index contributed by atoms with van der Waals surface area (Å²) < 4.78 is 0. The number of nitrogens with one attached hydrogen (secondary N) is 1. The minimum Gasteiger partial charge on any atom is -0.352 e. The van der Waals surface area contributed by atoms with Gasteiger partial charge in [-0.1, -0.05) is 0 Å². The van der Waals surface area contributed by atoms with E-state index in [0.717, 1.165) is 42.2 Å². The number of hydrogen-bond donors (Lipinski definition) is 1. The molecule has 1 fully saturated rings. The maximum Gasteiger partial charge on any atom is 0.317 e. The zero-order valence-corrected chi connectivity index (χ0v) is 14.0. The summed E-state index contributed by atoms with van der Waals surface area (Å²) in [5, 5.41) is 4.02. The second-order valence-corrected chi connectivity index (χ2v) is 6.67. The number of rotatable bonds is 2. The number of thiophene rings is 1. The van der Waals surface area contributed by atoms with Crippen LogP contribution in [0, 0.1) is 13.8 Å². The van der Waals surface area contributed by atoms with Crippen molar-refractivity contribution in [1.82, 2.24) is 20.2 Å². The molecule has 0 radical (unpaired) electrons. The average molecular weight is 319 g/mol. The van der Waals surface area contributed by atoms with Crippen LogP contribution < -0.4 is 10.2 Å². The van der Waals surface area contributed by atoms with E-state index in [2.05, 4.69) is 34.0 Å². The standard InChI is InChI=1S/C15H21N5OS/c1-4-16-15(21)20-7-5-19(6-8-20)13-12-10(2)11(3)22-14(12)18-9-17-13/h9H,4-8H2,1-3H3,(H,16,21). The Kier molecular flexibility index (Phi) is 4.15. The van der Waals surface area contributed by atoms with Crippen LogP contribution in [0.2, 0.25) is 0 Å². The molecule has 118 valence electrons. The predicted molar refractivity (Wildman–Crippen MR) is 89.7 cm³/mol. The Balaban J connectivity index is 1.81. The van der Waals surface area contributed by atoms with E-state index in [0.29, 0.717) is 6.54 Å². The third-order valence-corrected chi connectivity index (χ3v) is 5.26. The summed E-state index contributed by atoms with van der Waals surface area (Å²) >= 11 is 1.72. The number of nitrogens with zero attached hydrogens (tertiary/aromatic N) is 4. The Morgan fingerprint density at radius 2 is 2.00 bits per heavy atom. The zero-order chi connectivity index (χ0) is 15.7. The summed E-state index contributed by atoms with van der Waals surface area (Å²) in [4.78, 5) is 27.3. The quantitative estimate of drug-likeness (QED) is 0.921. The maximum atomic E-state index is 11.9. The summed E-state index contributed by atoms with van der Waals surface area (Å²) in [6.07, 6.45) is 1.64. The summed E-state index contributed by atoms with van der Waals surface area (Å²) in [6.45, 7) is 9.91. The molecule has 0 bridgehead atoms. The third kappa shape index (κ3) is 2.61. The first kappa shape index (κ1) is 15.0. The number of hydrogen-bond acceptors (Lipinski definition) is 5. The molecule has 6 nitrogen and oxygen atoms in total. The van der Waals surface area contributed by atoms with Crippen molar-refractivity contribution in [2.24, 2.45) is 0 Å². The highest BCUT2D eigenvalue weighted by molar-refractivity contribution is 7.18. The normalized spacial score (nSPS) is 15.4. The van der Waals surface area contributed by atoms with Gasteiger partial charge in [-0.3, -0.25) is 0 Å². The molecule has 0 spiro atoms. The molecule has 1 N–H and O–H groups in total. The minimum absolute atomic E-state index is 0.0255. The van der Waals surface area contributed by atoms with Crippen LogP contribution in [0.5, 0.6) is 0 Å². The van der Waals surface area contributed by atoms with Crippen LogP contribution in [0.15, 0.2) is 6.33 Å². The lowest BCUT2D eigenvalue weighted by Crippen LogP contribution is -2.52. The van der Waals surface area contributed by atoms with E-state index in [4.69, 9.17) is 0 Å². The molecule has 1 aliphatic heterocycles. The van der Waals surface area contributed by atoms with Gasteiger partial charge in [0, 0.05) is 37.6 Å². The lowest BCUT2D eigenvalue weighted by atomic mass is 10.2. The molecule has 22 heavy (non-hydrogen) atoms. The first-order chi connectivity index (χ1) is 10.6. The number of aryl methyl sites for hydroxylation is 2. The van der Waals surface area contributed by atoms with E-state index in [1.54, 1.807) is 17.7 Å². The monoisotopic (exact) mass is 319 g/mol. The molecule has 2 aromatic heterocycles. The van der Waals surface area contributed by atoms with E-state index < -0.39 is 0 Å². The maximum absolute atomic E-state index is 11.9. The van der Waals surface area contributed by atoms with Gasteiger partial charge in [-0.05, 0) is 26.3 Å². The van der Waals surface area contributed by atoms with Crippen LogP contribution in [0.25, 0.3) is 10.2 Å². The molecular weight excluding hydrogens is 298 g/mol. The molecule has 3 heterocycles. The van der Waals surface area contributed by atoms with Crippen molar-refractivity contribution in [1.29, 1.82) is 0 Å². The zero-order valence-electron chi connectivity index (χ0n) is 13.2. The van der Waals surface area contributed by atoms with Crippen molar-refractivity contribution in [3.8, 4) is 0 Å². The Morgan fingerprint density at radius 1 is 1.27 bits per heavy atom. The van der Waals surface area contributed by atoms with Crippen molar-refractivity contribution in [2.45, 2.75) is 20.8 Å². The van der Waals surface area contributed by atoms with Crippen molar-refractivity contribution < 1.29 is 4.79 Å². The number of carbonyl (C=O) groups excluding carboxylic acids is 1. The molecule has 0 unspecified atom stereocenters. The molecule has 0 aromatic carbocycles. The van der Waals surface area contributed by atoms with Crippen LogP contribution in [0.1, 0.15) is 17.4 Å². The van der Waals surface area contributed by atoms with Crippen molar-refractivity contribution >= 4 is 33.4 Å². The molecule has 0 saturated carbocycles. The Bertz CT molecular complexity index is 691. The molecule has 3 rings (SSSR count). The van der Waals surface area contributed by atoms with Gasteiger partial charge in [0.25, 0.3) is 0 Å². The van der Waals surface area contributed by atoms with Gasteiger partial charge in [0.1, 0.15) is 17.0 Å². The molecular formula is C15H21N5OS. The van der Waals surface area contributed by atoms with Gasteiger partial charge in [0.05, 0.1) is 5.39 Å². The van der Waals surface area contributed by atoms with Crippen LogP contribution in [-0.2, 0) is 0 Å². The Labute approximate surface area is 134 Å².